The van der Waals surface area contributed by atoms with Crippen LogP contribution >= 0.6 is 0 Å². The molecule has 0 saturated heterocycles. The van der Waals surface area contributed by atoms with Crippen molar-refractivity contribution < 1.29 is 13.3 Å². The van der Waals surface area contributed by atoms with Gasteiger partial charge in [0.1, 0.15) is 5.69 Å². The maximum Gasteiger partial charge on any atom is 0.293 e. The monoisotopic (exact) mass is 297 g/mol. The van der Waals surface area contributed by atoms with Gasteiger partial charge in [0.2, 0.25) is 0 Å². The molecular formula is C10H11N5O4S. The smallest absolute Gasteiger partial charge is 0.293 e. The van der Waals surface area contributed by atoms with Crippen molar-refractivity contribution in [2.45, 2.75) is 4.90 Å². The summed E-state index contributed by atoms with van der Waals surface area (Å²) in [5, 5.41) is 19.6. The van der Waals surface area contributed by atoms with Gasteiger partial charge in [-0.05, 0) is 12.1 Å². The lowest BCUT2D eigenvalue weighted by atomic mass is 10.3. The fraction of sp³-hybridized carbons (Fsp3) is 0.100. The highest BCUT2D eigenvalue weighted by Gasteiger charge is 2.21. The predicted molar refractivity (Wildman–Crippen MR) is 72.0 cm³/mol. The van der Waals surface area contributed by atoms with Gasteiger partial charge >= 0.3 is 0 Å². The lowest BCUT2D eigenvalue weighted by molar-refractivity contribution is -0.384. The van der Waals surface area contributed by atoms with Crippen LogP contribution < -0.4 is 10.0 Å². The number of rotatable bonds is 5. The van der Waals surface area contributed by atoms with Gasteiger partial charge in [0, 0.05) is 19.3 Å². The zero-order chi connectivity index (χ0) is 14.8. The van der Waals surface area contributed by atoms with Gasteiger partial charge in [-0.25, -0.2) is 8.42 Å². The molecule has 1 heterocycles. The van der Waals surface area contributed by atoms with E-state index in [1.807, 2.05) is 0 Å². The van der Waals surface area contributed by atoms with Gasteiger partial charge in [0.15, 0.2) is 0 Å². The quantitative estimate of drug-likeness (QED) is 0.560. The Kier molecular flexibility index (Phi) is 3.57. The Morgan fingerprint density at radius 3 is 2.70 bits per heavy atom. The number of nitro groups is 1. The number of nitrogens with one attached hydrogen (secondary N) is 3. The van der Waals surface area contributed by atoms with Crippen LogP contribution in [0.2, 0.25) is 0 Å². The third-order valence-electron chi connectivity index (χ3n) is 2.50. The number of benzene rings is 1. The van der Waals surface area contributed by atoms with Gasteiger partial charge in [0.25, 0.3) is 15.7 Å². The molecule has 20 heavy (non-hydrogen) atoms. The summed E-state index contributed by atoms with van der Waals surface area (Å²) in [6, 6.07) is 3.61. The normalized spacial score (nSPS) is 11.1. The van der Waals surface area contributed by atoms with E-state index in [2.05, 4.69) is 20.2 Å². The van der Waals surface area contributed by atoms with Crippen molar-refractivity contribution in [2.24, 2.45) is 0 Å². The molecule has 0 atom stereocenters. The molecule has 0 radical (unpaired) electrons. The molecule has 3 N–H and O–H groups in total. The summed E-state index contributed by atoms with van der Waals surface area (Å²) in [6.07, 6.45) is 2.64. The lowest BCUT2D eigenvalue weighted by Crippen LogP contribution is -2.13. The van der Waals surface area contributed by atoms with Crippen molar-refractivity contribution in [1.29, 1.82) is 0 Å². The van der Waals surface area contributed by atoms with Crippen molar-refractivity contribution in [1.82, 2.24) is 10.2 Å². The average molecular weight is 297 g/mol. The summed E-state index contributed by atoms with van der Waals surface area (Å²) in [5.74, 6) is 0. The second-order valence-electron chi connectivity index (χ2n) is 3.78. The number of hydrogen-bond donors (Lipinski definition) is 3. The maximum atomic E-state index is 12.1. The fourth-order valence-corrected chi connectivity index (χ4v) is 2.62. The highest BCUT2D eigenvalue weighted by molar-refractivity contribution is 7.92. The summed E-state index contributed by atoms with van der Waals surface area (Å²) in [5.41, 5.74) is 0.158. The minimum Gasteiger partial charge on any atom is -0.383 e. The molecule has 0 amide bonds. The number of aromatic nitrogens is 2. The molecule has 0 fully saturated rings. The second-order valence-corrected chi connectivity index (χ2v) is 5.46. The number of nitro benzene ring substituents is 1. The summed E-state index contributed by atoms with van der Waals surface area (Å²) in [6.45, 7) is 0. The van der Waals surface area contributed by atoms with Crippen LogP contribution in [-0.2, 0) is 10.0 Å². The lowest BCUT2D eigenvalue weighted by Gasteiger charge is -2.07. The van der Waals surface area contributed by atoms with E-state index < -0.39 is 14.9 Å². The third kappa shape index (κ3) is 2.69. The van der Waals surface area contributed by atoms with E-state index in [1.54, 1.807) is 0 Å². The first-order valence-electron chi connectivity index (χ1n) is 5.42. The first-order valence-corrected chi connectivity index (χ1v) is 6.90. The van der Waals surface area contributed by atoms with Crippen molar-refractivity contribution in [3.8, 4) is 0 Å². The van der Waals surface area contributed by atoms with Gasteiger partial charge < -0.3 is 5.32 Å². The Morgan fingerprint density at radius 1 is 1.40 bits per heavy atom. The number of nitrogens with zero attached hydrogens (tertiary/aromatic N) is 2. The summed E-state index contributed by atoms with van der Waals surface area (Å²) < 4.78 is 26.4. The Bertz CT molecular complexity index is 726. The molecule has 0 aliphatic carbocycles. The number of anilines is 2. The van der Waals surface area contributed by atoms with Gasteiger partial charge in [-0.1, -0.05) is 0 Å². The van der Waals surface area contributed by atoms with Crippen molar-refractivity contribution in [3.05, 3.63) is 40.7 Å². The van der Waals surface area contributed by atoms with E-state index >= 15 is 0 Å². The van der Waals surface area contributed by atoms with Crippen LogP contribution in [0.15, 0.2) is 35.5 Å². The Labute approximate surface area is 114 Å². The average Bonchev–Trinajstić information content (AvgIpc) is 2.89. The van der Waals surface area contributed by atoms with Gasteiger partial charge in [-0.15, -0.1) is 0 Å². The minimum absolute atomic E-state index is 0.204. The SMILES string of the molecule is CNc1ccc(S(=O)(=O)Nc2cn[nH]c2)cc1[N+](=O)[O-]. The summed E-state index contributed by atoms with van der Waals surface area (Å²) >= 11 is 0. The second kappa shape index (κ2) is 5.17. The molecule has 2 aromatic rings. The van der Waals surface area contributed by atoms with Crippen molar-refractivity contribution >= 4 is 27.1 Å². The third-order valence-corrected chi connectivity index (χ3v) is 3.87. The number of aromatic amines is 1. The highest BCUT2D eigenvalue weighted by Crippen LogP contribution is 2.27. The number of H-pyrrole nitrogens is 1. The summed E-state index contributed by atoms with van der Waals surface area (Å²) in [4.78, 5) is 10.1. The van der Waals surface area contributed by atoms with Crippen LogP contribution in [0, 0.1) is 10.1 Å². The van der Waals surface area contributed by atoms with Crippen molar-refractivity contribution in [3.63, 3.8) is 0 Å². The van der Waals surface area contributed by atoms with E-state index in [1.165, 1.54) is 31.6 Å². The van der Waals surface area contributed by atoms with E-state index in [4.69, 9.17) is 0 Å². The molecular weight excluding hydrogens is 286 g/mol. The zero-order valence-electron chi connectivity index (χ0n) is 10.3. The van der Waals surface area contributed by atoms with Crippen LogP contribution in [0.3, 0.4) is 0 Å². The first kappa shape index (κ1) is 13.8. The molecule has 0 spiro atoms. The van der Waals surface area contributed by atoms with Gasteiger partial charge in [-0.3, -0.25) is 19.9 Å². The minimum atomic E-state index is -3.91. The molecule has 0 saturated carbocycles. The molecule has 1 aromatic carbocycles. The first-order chi connectivity index (χ1) is 9.44. The molecule has 10 heteroatoms. The standard InChI is InChI=1S/C10H11N5O4S/c1-11-9-3-2-8(4-10(9)15(16)17)20(18,19)14-7-5-12-13-6-7/h2-6,11,14H,1H3,(H,12,13). The van der Waals surface area contributed by atoms with E-state index in [0.717, 1.165) is 6.07 Å². The largest absolute Gasteiger partial charge is 0.383 e. The van der Waals surface area contributed by atoms with Crippen molar-refractivity contribution in [2.75, 3.05) is 17.1 Å². The molecule has 0 unspecified atom stereocenters. The van der Waals surface area contributed by atoms with E-state index in [-0.39, 0.29) is 22.0 Å². The van der Waals surface area contributed by atoms with Crippen LogP contribution in [0.25, 0.3) is 0 Å². The van der Waals surface area contributed by atoms with E-state index in [9.17, 15) is 18.5 Å². The molecule has 9 nitrogen and oxygen atoms in total. The Hall–Kier alpha value is -2.62. The molecule has 0 aliphatic heterocycles. The van der Waals surface area contributed by atoms with Crippen LogP contribution in [0.4, 0.5) is 17.1 Å². The molecule has 0 bridgehead atoms. The fourth-order valence-electron chi connectivity index (χ4n) is 1.56. The van der Waals surface area contributed by atoms with Crippen LogP contribution in [0.1, 0.15) is 0 Å². The molecule has 2 rings (SSSR count). The molecule has 106 valence electrons. The topological polar surface area (TPSA) is 130 Å². The zero-order valence-corrected chi connectivity index (χ0v) is 11.1. The molecule has 1 aromatic heterocycles. The highest BCUT2D eigenvalue weighted by atomic mass is 32.2. The van der Waals surface area contributed by atoms with Gasteiger partial charge in [0.05, 0.1) is 21.7 Å². The number of hydrogen-bond acceptors (Lipinski definition) is 6. The van der Waals surface area contributed by atoms with Crippen LogP contribution in [0.5, 0.6) is 0 Å². The summed E-state index contributed by atoms with van der Waals surface area (Å²) in [7, 11) is -2.39. The Balaban J connectivity index is 2.42. The predicted octanol–water partition coefficient (Wildman–Crippen LogP) is 1.16. The van der Waals surface area contributed by atoms with Gasteiger partial charge in [-0.2, -0.15) is 5.10 Å². The maximum absolute atomic E-state index is 12.1. The Morgan fingerprint density at radius 2 is 2.15 bits per heavy atom. The van der Waals surface area contributed by atoms with E-state index in [0.29, 0.717) is 0 Å². The molecule has 0 aliphatic rings. The number of sulfonamides is 1. The van der Waals surface area contributed by atoms with Crippen LogP contribution in [-0.4, -0.2) is 30.6 Å².